The molecular weight excluding hydrogens is 273 g/mol. The molecule has 0 spiro atoms. The summed E-state index contributed by atoms with van der Waals surface area (Å²) in [5, 5.41) is 10.2. The number of benzene rings is 1. The second kappa shape index (κ2) is 6.73. The van der Waals surface area contributed by atoms with Gasteiger partial charge in [-0.3, -0.25) is 4.90 Å². The summed E-state index contributed by atoms with van der Waals surface area (Å²) in [7, 11) is 0. The topological polar surface area (TPSA) is 41.9 Å². The van der Waals surface area contributed by atoms with E-state index in [9.17, 15) is 9.50 Å². The van der Waals surface area contributed by atoms with E-state index in [0.29, 0.717) is 18.9 Å². The van der Waals surface area contributed by atoms with Crippen molar-refractivity contribution in [2.75, 3.05) is 26.3 Å². The van der Waals surface area contributed by atoms with Crippen LogP contribution in [0.1, 0.15) is 20.8 Å². The SMILES string of the molecule is CC1CN(CC(O)COc2ccc(F)cc2)C(C)(C)CO1. The van der Waals surface area contributed by atoms with Crippen LogP contribution in [0, 0.1) is 5.82 Å². The molecule has 1 aliphatic heterocycles. The van der Waals surface area contributed by atoms with Crippen molar-refractivity contribution in [1.29, 1.82) is 0 Å². The zero-order valence-corrected chi connectivity index (χ0v) is 12.9. The van der Waals surface area contributed by atoms with Crippen molar-refractivity contribution < 1.29 is 19.0 Å². The number of aliphatic hydroxyl groups excluding tert-OH is 1. The summed E-state index contributed by atoms with van der Waals surface area (Å²) in [6.45, 7) is 8.40. The molecule has 2 rings (SSSR count). The van der Waals surface area contributed by atoms with E-state index in [1.54, 1.807) is 12.1 Å². The molecule has 1 N–H and O–H groups in total. The van der Waals surface area contributed by atoms with E-state index in [1.807, 2.05) is 6.92 Å². The van der Waals surface area contributed by atoms with Crippen molar-refractivity contribution in [2.24, 2.45) is 0 Å². The van der Waals surface area contributed by atoms with Crippen LogP contribution in [0.3, 0.4) is 0 Å². The number of morpholine rings is 1. The van der Waals surface area contributed by atoms with E-state index in [2.05, 4.69) is 18.7 Å². The largest absolute Gasteiger partial charge is 0.491 e. The fourth-order valence-electron chi connectivity index (χ4n) is 2.40. The summed E-state index contributed by atoms with van der Waals surface area (Å²) < 4.78 is 23.9. The third-order valence-corrected chi connectivity index (χ3v) is 3.74. The van der Waals surface area contributed by atoms with Gasteiger partial charge in [0.25, 0.3) is 0 Å². The van der Waals surface area contributed by atoms with Crippen LogP contribution in [-0.4, -0.2) is 54.1 Å². The van der Waals surface area contributed by atoms with Crippen LogP contribution in [0.15, 0.2) is 24.3 Å². The molecule has 2 atom stereocenters. The van der Waals surface area contributed by atoms with Gasteiger partial charge in [0.1, 0.15) is 24.3 Å². The highest BCUT2D eigenvalue weighted by Crippen LogP contribution is 2.22. The van der Waals surface area contributed by atoms with Crippen molar-refractivity contribution in [3.05, 3.63) is 30.1 Å². The van der Waals surface area contributed by atoms with Gasteiger partial charge in [-0.15, -0.1) is 0 Å². The number of nitrogens with zero attached hydrogens (tertiary/aromatic N) is 1. The highest BCUT2D eigenvalue weighted by molar-refractivity contribution is 5.22. The van der Waals surface area contributed by atoms with Gasteiger partial charge in [-0.1, -0.05) is 0 Å². The first kappa shape index (κ1) is 16.2. The molecule has 0 bridgehead atoms. The van der Waals surface area contributed by atoms with Crippen LogP contribution in [-0.2, 0) is 4.74 Å². The Balaban J connectivity index is 1.83. The Morgan fingerprint density at radius 3 is 2.76 bits per heavy atom. The van der Waals surface area contributed by atoms with E-state index in [0.717, 1.165) is 6.54 Å². The Labute approximate surface area is 125 Å². The molecule has 0 saturated carbocycles. The van der Waals surface area contributed by atoms with Crippen LogP contribution >= 0.6 is 0 Å². The highest BCUT2D eigenvalue weighted by Gasteiger charge is 2.34. The lowest BCUT2D eigenvalue weighted by Crippen LogP contribution is -2.57. The van der Waals surface area contributed by atoms with Gasteiger partial charge in [0.2, 0.25) is 0 Å². The van der Waals surface area contributed by atoms with E-state index < -0.39 is 6.10 Å². The molecule has 1 aromatic carbocycles. The number of β-amino-alcohol motifs (C(OH)–C–C–N with tert-alkyl or cyclic N) is 1. The normalized spacial score (nSPS) is 23.8. The number of ether oxygens (including phenoxy) is 2. The average Bonchev–Trinajstić information content (AvgIpc) is 2.43. The summed E-state index contributed by atoms with van der Waals surface area (Å²) in [6, 6.07) is 5.80. The van der Waals surface area contributed by atoms with Gasteiger partial charge in [0, 0.05) is 18.6 Å². The van der Waals surface area contributed by atoms with Crippen LogP contribution in [0.4, 0.5) is 4.39 Å². The van der Waals surface area contributed by atoms with Crippen LogP contribution < -0.4 is 4.74 Å². The monoisotopic (exact) mass is 297 g/mol. The zero-order chi connectivity index (χ0) is 15.5. The minimum atomic E-state index is -0.598. The first-order valence-corrected chi connectivity index (χ1v) is 7.30. The molecule has 1 fully saturated rings. The maximum atomic E-state index is 12.8. The van der Waals surface area contributed by atoms with E-state index >= 15 is 0 Å². The molecule has 0 amide bonds. The smallest absolute Gasteiger partial charge is 0.123 e. The summed E-state index contributed by atoms with van der Waals surface area (Å²) in [6.07, 6.45) is -0.428. The number of hydrogen-bond donors (Lipinski definition) is 1. The first-order chi connectivity index (χ1) is 9.87. The minimum absolute atomic E-state index is 0.0939. The molecule has 1 aromatic rings. The van der Waals surface area contributed by atoms with Crippen molar-refractivity contribution >= 4 is 0 Å². The minimum Gasteiger partial charge on any atom is -0.491 e. The second-order valence-corrected chi connectivity index (χ2v) is 6.26. The fourth-order valence-corrected chi connectivity index (χ4v) is 2.40. The molecule has 0 radical (unpaired) electrons. The Hall–Kier alpha value is -1.17. The summed E-state index contributed by atoms with van der Waals surface area (Å²) >= 11 is 0. The van der Waals surface area contributed by atoms with E-state index in [1.165, 1.54) is 12.1 Å². The molecule has 1 heterocycles. The van der Waals surface area contributed by atoms with Crippen molar-refractivity contribution in [3.8, 4) is 5.75 Å². The third kappa shape index (κ3) is 4.66. The van der Waals surface area contributed by atoms with Crippen molar-refractivity contribution in [1.82, 2.24) is 4.90 Å². The molecule has 0 aliphatic carbocycles. The number of hydrogen-bond acceptors (Lipinski definition) is 4. The van der Waals surface area contributed by atoms with Gasteiger partial charge in [-0.2, -0.15) is 0 Å². The van der Waals surface area contributed by atoms with Gasteiger partial charge in [-0.25, -0.2) is 4.39 Å². The van der Waals surface area contributed by atoms with Crippen LogP contribution in [0.2, 0.25) is 0 Å². The quantitative estimate of drug-likeness (QED) is 0.903. The number of halogens is 1. The Morgan fingerprint density at radius 1 is 1.43 bits per heavy atom. The Morgan fingerprint density at radius 2 is 2.10 bits per heavy atom. The van der Waals surface area contributed by atoms with E-state index in [-0.39, 0.29) is 24.1 Å². The zero-order valence-electron chi connectivity index (χ0n) is 12.9. The second-order valence-electron chi connectivity index (χ2n) is 6.26. The van der Waals surface area contributed by atoms with Gasteiger partial charge in [0.15, 0.2) is 0 Å². The molecule has 21 heavy (non-hydrogen) atoms. The third-order valence-electron chi connectivity index (χ3n) is 3.74. The van der Waals surface area contributed by atoms with Gasteiger partial charge in [-0.05, 0) is 45.0 Å². The molecule has 1 saturated heterocycles. The van der Waals surface area contributed by atoms with Gasteiger partial charge in [0.05, 0.1) is 12.7 Å². The van der Waals surface area contributed by atoms with Crippen molar-refractivity contribution in [2.45, 2.75) is 38.5 Å². The van der Waals surface area contributed by atoms with Gasteiger partial charge < -0.3 is 14.6 Å². The van der Waals surface area contributed by atoms with Crippen LogP contribution in [0.25, 0.3) is 0 Å². The molecule has 4 nitrogen and oxygen atoms in total. The summed E-state index contributed by atoms with van der Waals surface area (Å²) in [5.74, 6) is 0.261. The predicted octanol–water partition coefficient (Wildman–Crippen LogP) is 2.06. The molecular formula is C16H24FNO3. The Kier molecular flexibility index (Phi) is 5.19. The van der Waals surface area contributed by atoms with Gasteiger partial charge >= 0.3 is 0 Å². The molecule has 118 valence electrons. The highest BCUT2D eigenvalue weighted by atomic mass is 19.1. The standard InChI is InChI=1S/C16H24FNO3/c1-12-8-18(16(2,3)11-21-12)9-14(19)10-20-15-6-4-13(17)5-7-15/h4-7,12,14,19H,8-11H2,1-3H3. The maximum Gasteiger partial charge on any atom is 0.123 e. The number of aliphatic hydroxyl groups is 1. The number of rotatable bonds is 5. The van der Waals surface area contributed by atoms with E-state index in [4.69, 9.17) is 9.47 Å². The average molecular weight is 297 g/mol. The fraction of sp³-hybridized carbons (Fsp3) is 0.625. The lowest BCUT2D eigenvalue weighted by molar-refractivity contribution is -0.104. The molecule has 0 aromatic heterocycles. The molecule has 1 aliphatic rings. The Bertz CT molecular complexity index is 449. The molecule has 2 unspecified atom stereocenters. The first-order valence-electron chi connectivity index (χ1n) is 7.30. The summed E-state index contributed by atoms with van der Waals surface area (Å²) in [4.78, 5) is 2.22. The molecule has 5 heteroatoms. The lowest BCUT2D eigenvalue weighted by Gasteiger charge is -2.45. The maximum absolute atomic E-state index is 12.8. The van der Waals surface area contributed by atoms with Crippen LogP contribution in [0.5, 0.6) is 5.75 Å². The lowest BCUT2D eigenvalue weighted by atomic mass is 10.0. The summed E-state index contributed by atoms with van der Waals surface area (Å²) in [5.41, 5.74) is -0.0939. The van der Waals surface area contributed by atoms with Crippen molar-refractivity contribution in [3.63, 3.8) is 0 Å². The predicted molar refractivity (Wildman–Crippen MR) is 79.0 cm³/mol.